The Bertz CT molecular complexity index is 597. The van der Waals surface area contributed by atoms with Gasteiger partial charge in [-0.2, -0.15) is 5.10 Å². The van der Waals surface area contributed by atoms with Gasteiger partial charge < -0.3 is 10.1 Å². The van der Waals surface area contributed by atoms with Gasteiger partial charge in [-0.15, -0.1) is 0 Å². The zero-order valence-electron chi connectivity index (χ0n) is 11.7. The van der Waals surface area contributed by atoms with Crippen LogP contribution in [0.4, 0.5) is 5.69 Å². The van der Waals surface area contributed by atoms with E-state index in [-0.39, 0.29) is 0 Å². The molecule has 0 spiro atoms. The van der Waals surface area contributed by atoms with Crippen molar-refractivity contribution in [1.82, 2.24) is 5.43 Å². The first kappa shape index (κ1) is 15.0. The number of ether oxygens (including phenoxy) is 1. The summed E-state index contributed by atoms with van der Waals surface area (Å²) < 4.78 is 5.38. The SMILES string of the molecule is CCOc1ccc(/C=N/NC(=S)Nc2ccccc2)cc1. The summed E-state index contributed by atoms with van der Waals surface area (Å²) in [7, 11) is 0. The lowest BCUT2D eigenvalue weighted by Gasteiger charge is -2.06. The highest BCUT2D eigenvalue weighted by Gasteiger charge is 1.95. The van der Waals surface area contributed by atoms with Gasteiger partial charge in [-0.3, -0.25) is 5.43 Å². The second-order valence-corrected chi connectivity index (χ2v) is 4.60. The molecule has 0 atom stereocenters. The minimum atomic E-state index is 0.448. The predicted octanol–water partition coefficient (Wildman–Crippen LogP) is 3.41. The van der Waals surface area contributed by atoms with Gasteiger partial charge in [0, 0.05) is 5.69 Å². The van der Waals surface area contributed by atoms with Crippen LogP contribution in [0.5, 0.6) is 5.75 Å². The summed E-state index contributed by atoms with van der Waals surface area (Å²) in [6.45, 7) is 2.62. The molecule has 2 N–H and O–H groups in total. The highest BCUT2D eigenvalue weighted by molar-refractivity contribution is 7.80. The van der Waals surface area contributed by atoms with Gasteiger partial charge in [0.1, 0.15) is 5.75 Å². The molecule has 0 aliphatic rings. The Morgan fingerprint density at radius 2 is 1.86 bits per heavy atom. The number of nitrogens with one attached hydrogen (secondary N) is 2. The number of benzene rings is 2. The monoisotopic (exact) mass is 299 g/mol. The van der Waals surface area contributed by atoms with E-state index >= 15 is 0 Å². The molecular weight excluding hydrogens is 282 g/mol. The molecule has 0 aromatic heterocycles. The molecular formula is C16H17N3OS. The van der Waals surface area contributed by atoms with Crippen LogP contribution in [0.15, 0.2) is 59.7 Å². The van der Waals surface area contributed by atoms with Crippen molar-refractivity contribution in [3.05, 3.63) is 60.2 Å². The number of thiocarbonyl (C=S) groups is 1. The minimum absolute atomic E-state index is 0.448. The number of rotatable bonds is 5. The lowest BCUT2D eigenvalue weighted by Crippen LogP contribution is -2.23. The highest BCUT2D eigenvalue weighted by Crippen LogP contribution is 2.10. The van der Waals surface area contributed by atoms with Gasteiger partial charge in [-0.1, -0.05) is 18.2 Å². The molecule has 108 valence electrons. The fourth-order valence-corrected chi connectivity index (χ4v) is 1.83. The Labute approximate surface area is 129 Å². The summed E-state index contributed by atoms with van der Waals surface area (Å²) >= 11 is 5.15. The van der Waals surface area contributed by atoms with Crippen LogP contribution < -0.4 is 15.5 Å². The zero-order valence-corrected chi connectivity index (χ0v) is 12.6. The third-order valence-electron chi connectivity index (χ3n) is 2.60. The first-order chi connectivity index (χ1) is 10.3. The molecule has 0 aliphatic heterocycles. The van der Waals surface area contributed by atoms with Crippen LogP contribution in [0.3, 0.4) is 0 Å². The molecule has 0 saturated heterocycles. The number of anilines is 1. The number of hydrogen-bond acceptors (Lipinski definition) is 3. The Hall–Kier alpha value is -2.40. The first-order valence-corrected chi connectivity index (χ1v) is 7.06. The van der Waals surface area contributed by atoms with Gasteiger partial charge in [0.15, 0.2) is 5.11 Å². The van der Waals surface area contributed by atoms with Crippen LogP contribution in [0.25, 0.3) is 0 Å². The molecule has 21 heavy (non-hydrogen) atoms. The molecule has 2 aromatic rings. The summed E-state index contributed by atoms with van der Waals surface area (Å²) in [5.41, 5.74) is 4.67. The van der Waals surface area contributed by atoms with E-state index in [4.69, 9.17) is 17.0 Å². The second kappa shape index (κ2) is 8.01. The lowest BCUT2D eigenvalue weighted by molar-refractivity contribution is 0.340. The quantitative estimate of drug-likeness (QED) is 0.504. The van der Waals surface area contributed by atoms with Crippen molar-refractivity contribution in [3.63, 3.8) is 0 Å². The highest BCUT2D eigenvalue weighted by atomic mass is 32.1. The maximum atomic E-state index is 5.38. The van der Waals surface area contributed by atoms with E-state index in [0.29, 0.717) is 11.7 Å². The minimum Gasteiger partial charge on any atom is -0.494 e. The second-order valence-electron chi connectivity index (χ2n) is 4.19. The molecule has 4 nitrogen and oxygen atoms in total. The average Bonchev–Trinajstić information content (AvgIpc) is 2.50. The largest absolute Gasteiger partial charge is 0.494 e. The average molecular weight is 299 g/mol. The molecule has 0 radical (unpaired) electrons. The molecule has 0 saturated carbocycles. The van der Waals surface area contributed by atoms with E-state index in [1.807, 2.05) is 61.5 Å². The Balaban J connectivity index is 1.83. The maximum Gasteiger partial charge on any atom is 0.191 e. The van der Waals surface area contributed by atoms with Crippen molar-refractivity contribution in [1.29, 1.82) is 0 Å². The Kier molecular flexibility index (Phi) is 5.72. The summed E-state index contributed by atoms with van der Waals surface area (Å²) in [5.74, 6) is 0.851. The van der Waals surface area contributed by atoms with E-state index in [1.54, 1.807) is 6.21 Å². The fraction of sp³-hybridized carbons (Fsp3) is 0.125. The van der Waals surface area contributed by atoms with Gasteiger partial charge in [-0.25, -0.2) is 0 Å². The van der Waals surface area contributed by atoms with Crippen molar-refractivity contribution in [2.24, 2.45) is 5.10 Å². The molecule has 0 unspecified atom stereocenters. The molecule has 5 heteroatoms. The fourth-order valence-electron chi connectivity index (χ4n) is 1.66. The molecule has 0 bridgehead atoms. The Morgan fingerprint density at radius 3 is 2.52 bits per heavy atom. The smallest absolute Gasteiger partial charge is 0.191 e. The van der Waals surface area contributed by atoms with Crippen molar-refractivity contribution in [3.8, 4) is 5.75 Å². The molecule has 2 aromatic carbocycles. The molecule has 2 rings (SSSR count). The van der Waals surface area contributed by atoms with Gasteiger partial charge in [-0.05, 0) is 61.1 Å². The van der Waals surface area contributed by atoms with Crippen LogP contribution in [-0.2, 0) is 0 Å². The van der Waals surface area contributed by atoms with Crippen molar-refractivity contribution in [2.75, 3.05) is 11.9 Å². The number of hydrogen-bond donors (Lipinski definition) is 2. The van der Waals surface area contributed by atoms with E-state index in [0.717, 1.165) is 17.0 Å². The van der Waals surface area contributed by atoms with Crippen LogP contribution in [-0.4, -0.2) is 17.9 Å². The van der Waals surface area contributed by atoms with Crippen LogP contribution in [0.1, 0.15) is 12.5 Å². The summed E-state index contributed by atoms with van der Waals surface area (Å²) in [6, 6.07) is 17.4. The van der Waals surface area contributed by atoms with Crippen LogP contribution in [0, 0.1) is 0 Å². The Morgan fingerprint density at radius 1 is 1.14 bits per heavy atom. The van der Waals surface area contributed by atoms with Gasteiger partial charge in [0.05, 0.1) is 12.8 Å². The van der Waals surface area contributed by atoms with E-state index < -0.39 is 0 Å². The summed E-state index contributed by atoms with van der Waals surface area (Å²) in [5, 5.41) is 7.58. The maximum absolute atomic E-state index is 5.38. The molecule has 0 aliphatic carbocycles. The van der Waals surface area contributed by atoms with Crippen molar-refractivity contribution in [2.45, 2.75) is 6.92 Å². The van der Waals surface area contributed by atoms with Crippen molar-refractivity contribution < 1.29 is 4.74 Å². The van der Waals surface area contributed by atoms with E-state index in [2.05, 4.69) is 15.8 Å². The number of para-hydroxylation sites is 1. The van der Waals surface area contributed by atoms with Crippen LogP contribution >= 0.6 is 12.2 Å². The summed E-state index contributed by atoms with van der Waals surface area (Å²) in [4.78, 5) is 0. The normalized spacial score (nSPS) is 10.3. The topological polar surface area (TPSA) is 45.6 Å². The number of hydrazone groups is 1. The van der Waals surface area contributed by atoms with Gasteiger partial charge in [0.25, 0.3) is 0 Å². The first-order valence-electron chi connectivity index (χ1n) is 6.66. The van der Waals surface area contributed by atoms with Gasteiger partial charge >= 0.3 is 0 Å². The van der Waals surface area contributed by atoms with Gasteiger partial charge in [0.2, 0.25) is 0 Å². The van der Waals surface area contributed by atoms with Crippen LogP contribution in [0.2, 0.25) is 0 Å². The van der Waals surface area contributed by atoms with E-state index in [1.165, 1.54) is 0 Å². The third kappa shape index (κ3) is 5.24. The lowest BCUT2D eigenvalue weighted by atomic mass is 10.2. The standard InChI is InChI=1S/C16H17N3OS/c1-2-20-15-10-8-13(9-11-15)12-17-19-16(21)18-14-6-4-3-5-7-14/h3-12H,2H2,1H3,(H2,18,19,21)/b17-12+. The predicted molar refractivity (Wildman–Crippen MR) is 91.0 cm³/mol. The summed E-state index contributed by atoms with van der Waals surface area (Å²) in [6.07, 6.45) is 1.70. The van der Waals surface area contributed by atoms with E-state index in [9.17, 15) is 0 Å². The molecule has 0 amide bonds. The zero-order chi connectivity index (χ0) is 14.9. The molecule has 0 heterocycles. The third-order valence-corrected chi connectivity index (χ3v) is 2.80. The number of nitrogens with zero attached hydrogens (tertiary/aromatic N) is 1. The van der Waals surface area contributed by atoms with Crippen molar-refractivity contribution >= 4 is 29.2 Å². The molecule has 0 fully saturated rings.